The Kier molecular flexibility index (Phi) is 4.34. The topological polar surface area (TPSA) is 9.23 Å². The summed E-state index contributed by atoms with van der Waals surface area (Å²) in [6.45, 7) is -1.33. The number of ether oxygens (including phenoxy) is 1. The Morgan fingerprint density at radius 1 is 1.19 bits per heavy atom. The molecule has 1 nitrogen and oxygen atoms in total. The zero-order valence-electron chi connectivity index (χ0n) is 8.25. The molecule has 0 aromatic heterocycles. The van der Waals surface area contributed by atoms with Crippen LogP contribution in [0.1, 0.15) is 5.56 Å². The van der Waals surface area contributed by atoms with Gasteiger partial charge < -0.3 is 4.74 Å². The first kappa shape index (κ1) is 12.5. The van der Waals surface area contributed by atoms with Gasteiger partial charge >= 0.3 is 12.3 Å². The first-order chi connectivity index (χ1) is 7.52. The van der Waals surface area contributed by atoms with Crippen molar-refractivity contribution in [1.82, 2.24) is 0 Å². The van der Waals surface area contributed by atoms with E-state index in [4.69, 9.17) is 0 Å². The van der Waals surface area contributed by atoms with E-state index < -0.39 is 19.0 Å². The molecule has 0 bridgehead atoms. The molecule has 0 radical (unpaired) electrons. The van der Waals surface area contributed by atoms with Crippen LogP contribution >= 0.6 is 0 Å². The number of hydrogen-bond donors (Lipinski definition) is 0. The fourth-order valence-electron chi connectivity index (χ4n) is 0.913. The predicted molar refractivity (Wildman–Crippen MR) is 52.4 cm³/mol. The molecule has 1 aromatic rings. The second-order valence-corrected chi connectivity index (χ2v) is 3.09. The molecule has 0 N–H and O–H groups in total. The summed E-state index contributed by atoms with van der Waals surface area (Å²) in [6, 6.07) is 8.76. The lowest BCUT2D eigenvalue weighted by Crippen LogP contribution is -2.31. The minimum atomic E-state index is -4.11. The van der Waals surface area contributed by atoms with Crippen molar-refractivity contribution in [3.8, 4) is 0 Å². The van der Waals surface area contributed by atoms with Crippen LogP contribution in [0.15, 0.2) is 36.6 Å². The Hall–Kier alpha value is -1.52. The van der Waals surface area contributed by atoms with Crippen LogP contribution in [0.2, 0.25) is 0 Å². The molecule has 0 fully saturated rings. The fraction of sp³-hybridized carbons (Fsp3) is 0.273. The molecule has 0 heterocycles. The first-order valence-corrected chi connectivity index (χ1v) is 4.51. The maximum absolute atomic E-state index is 12.4. The Balaban J connectivity index is 2.39. The number of alkyl halides is 4. The Morgan fingerprint density at radius 2 is 1.81 bits per heavy atom. The quantitative estimate of drug-likeness (QED) is 0.559. The molecule has 0 spiro atoms. The van der Waals surface area contributed by atoms with Crippen LogP contribution in [0, 0.1) is 0 Å². The zero-order valence-corrected chi connectivity index (χ0v) is 8.25. The van der Waals surface area contributed by atoms with Crippen LogP contribution in [0.5, 0.6) is 0 Å². The van der Waals surface area contributed by atoms with Gasteiger partial charge in [-0.15, -0.1) is 0 Å². The second-order valence-electron chi connectivity index (χ2n) is 3.09. The summed E-state index contributed by atoms with van der Waals surface area (Å²) < 4.78 is 52.5. The Morgan fingerprint density at radius 3 is 2.38 bits per heavy atom. The second kappa shape index (κ2) is 5.53. The van der Waals surface area contributed by atoms with E-state index in [2.05, 4.69) is 4.74 Å². The van der Waals surface area contributed by atoms with Gasteiger partial charge in [0, 0.05) is 0 Å². The summed E-state index contributed by atoms with van der Waals surface area (Å²) in [4.78, 5) is 0. The minimum Gasteiger partial charge on any atom is -0.495 e. The van der Waals surface area contributed by atoms with Gasteiger partial charge in [-0.2, -0.15) is 8.78 Å². The van der Waals surface area contributed by atoms with Gasteiger partial charge in [-0.05, 0) is 11.6 Å². The highest BCUT2D eigenvalue weighted by atomic mass is 19.3. The third-order valence-corrected chi connectivity index (χ3v) is 1.75. The van der Waals surface area contributed by atoms with Gasteiger partial charge in [0.1, 0.15) is 0 Å². The molecule has 0 saturated heterocycles. The van der Waals surface area contributed by atoms with Crippen molar-refractivity contribution in [2.45, 2.75) is 12.3 Å². The number of hydrogen-bond acceptors (Lipinski definition) is 1. The molecule has 0 amide bonds. The first-order valence-electron chi connectivity index (χ1n) is 4.51. The Labute approximate surface area is 90.3 Å². The van der Waals surface area contributed by atoms with Crippen molar-refractivity contribution in [1.29, 1.82) is 0 Å². The van der Waals surface area contributed by atoms with Gasteiger partial charge in [-0.1, -0.05) is 30.3 Å². The highest BCUT2D eigenvalue weighted by Gasteiger charge is 2.41. The van der Waals surface area contributed by atoms with Crippen LogP contribution in [-0.4, -0.2) is 19.0 Å². The fourth-order valence-corrected chi connectivity index (χ4v) is 0.913. The summed E-state index contributed by atoms with van der Waals surface area (Å²) in [6.07, 6.45) is -1.31. The highest BCUT2D eigenvalue weighted by Crippen LogP contribution is 2.22. The van der Waals surface area contributed by atoms with Crippen LogP contribution < -0.4 is 0 Å². The summed E-state index contributed by atoms with van der Waals surface area (Å²) >= 11 is 0. The summed E-state index contributed by atoms with van der Waals surface area (Å²) in [5.74, 6) is -4.11. The Bertz CT molecular complexity index is 335. The van der Waals surface area contributed by atoms with E-state index in [0.29, 0.717) is 0 Å². The lowest BCUT2D eigenvalue weighted by atomic mass is 10.2. The van der Waals surface area contributed by atoms with E-state index in [9.17, 15) is 17.6 Å². The maximum atomic E-state index is 12.4. The molecule has 1 aromatic carbocycles. The molecule has 0 aliphatic carbocycles. The van der Waals surface area contributed by atoms with Crippen molar-refractivity contribution < 1.29 is 22.3 Å². The van der Waals surface area contributed by atoms with Gasteiger partial charge in [0.15, 0.2) is 6.61 Å². The van der Waals surface area contributed by atoms with Gasteiger partial charge in [-0.25, -0.2) is 8.78 Å². The third kappa shape index (κ3) is 3.92. The average Bonchev–Trinajstić information content (AvgIpc) is 2.26. The van der Waals surface area contributed by atoms with E-state index in [1.807, 2.05) is 0 Å². The molecule has 0 unspecified atom stereocenters. The molecule has 0 atom stereocenters. The molecule has 16 heavy (non-hydrogen) atoms. The van der Waals surface area contributed by atoms with Crippen molar-refractivity contribution >= 4 is 6.08 Å². The van der Waals surface area contributed by atoms with E-state index in [1.165, 1.54) is 6.08 Å². The van der Waals surface area contributed by atoms with Gasteiger partial charge in [0.05, 0.1) is 6.26 Å². The molecule has 5 heteroatoms. The minimum absolute atomic E-state index is 0.739. The standard InChI is InChI=1S/C11H10F4O/c12-10(13)11(14,15)8-16-7-6-9-4-2-1-3-5-9/h1-7,10H,8H2/b7-6+. The molecule has 1 rings (SSSR count). The van der Waals surface area contributed by atoms with Crippen molar-refractivity contribution in [2.75, 3.05) is 6.61 Å². The van der Waals surface area contributed by atoms with Crippen LogP contribution in [-0.2, 0) is 4.74 Å². The molecular weight excluding hydrogens is 224 g/mol. The normalized spacial score (nSPS) is 12.3. The van der Waals surface area contributed by atoms with Gasteiger partial charge in [0.25, 0.3) is 0 Å². The molecule has 0 aliphatic rings. The van der Waals surface area contributed by atoms with E-state index in [0.717, 1.165) is 11.8 Å². The lowest BCUT2D eigenvalue weighted by Gasteiger charge is -2.13. The largest absolute Gasteiger partial charge is 0.495 e. The number of rotatable bonds is 5. The van der Waals surface area contributed by atoms with Gasteiger partial charge in [-0.3, -0.25) is 0 Å². The van der Waals surface area contributed by atoms with Crippen molar-refractivity contribution in [3.05, 3.63) is 42.2 Å². The number of halogens is 4. The SMILES string of the molecule is FC(F)C(F)(F)CO/C=C/c1ccccc1. The summed E-state index contributed by atoms with van der Waals surface area (Å²) in [5, 5.41) is 0. The number of benzene rings is 1. The van der Waals surface area contributed by atoms with E-state index in [-0.39, 0.29) is 0 Å². The molecular formula is C11H10F4O. The summed E-state index contributed by atoms with van der Waals surface area (Å²) in [7, 11) is 0. The molecule has 0 aliphatic heterocycles. The van der Waals surface area contributed by atoms with Crippen LogP contribution in [0.3, 0.4) is 0 Å². The van der Waals surface area contributed by atoms with Crippen LogP contribution in [0.4, 0.5) is 17.6 Å². The zero-order chi connectivity index (χ0) is 12.0. The molecule has 88 valence electrons. The van der Waals surface area contributed by atoms with Crippen LogP contribution in [0.25, 0.3) is 6.08 Å². The van der Waals surface area contributed by atoms with Crippen molar-refractivity contribution in [2.24, 2.45) is 0 Å². The molecule has 0 saturated carbocycles. The summed E-state index contributed by atoms with van der Waals surface area (Å²) in [5.41, 5.74) is 0.739. The predicted octanol–water partition coefficient (Wildman–Crippen LogP) is 3.57. The van der Waals surface area contributed by atoms with Crippen molar-refractivity contribution in [3.63, 3.8) is 0 Å². The van der Waals surface area contributed by atoms with E-state index >= 15 is 0 Å². The van der Waals surface area contributed by atoms with E-state index in [1.54, 1.807) is 30.3 Å². The highest BCUT2D eigenvalue weighted by molar-refractivity contribution is 5.47. The third-order valence-electron chi connectivity index (χ3n) is 1.75. The average molecular weight is 234 g/mol. The van der Waals surface area contributed by atoms with Gasteiger partial charge in [0.2, 0.25) is 0 Å². The lowest BCUT2D eigenvalue weighted by molar-refractivity contribution is -0.154. The smallest absolute Gasteiger partial charge is 0.340 e. The maximum Gasteiger partial charge on any atom is 0.340 e. The monoisotopic (exact) mass is 234 g/mol.